The van der Waals surface area contributed by atoms with Crippen LogP contribution in [-0.2, 0) is 68.8 Å². The van der Waals surface area contributed by atoms with Crippen molar-refractivity contribution >= 4 is 108 Å². The summed E-state index contributed by atoms with van der Waals surface area (Å²) >= 11 is 0.266. The number of para-hydroxylation sites is 1. The second kappa shape index (κ2) is 23.5. The van der Waals surface area contributed by atoms with Gasteiger partial charge in [0.05, 0.1) is 9.79 Å². The Morgan fingerprint density at radius 3 is 1.58 bits per heavy atom. The third-order valence-electron chi connectivity index (χ3n) is 10.1. The molecule has 29 heteroatoms. The van der Waals surface area contributed by atoms with E-state index in [1.807, 2.05) is 4.72 Å². The highest BCUT2D eigenvalue weighted by Gasteiger charge is 2.35. The van der Waals surface area contributed by atoms with E-state index in [0.717, 1.165) is 18.2 Å². The maximum atomic E-state index is 14.7. The van der Waals surface area contributed by atoms with Crippen molar-refractivity contribution in [3.8, 4) is 11.5 Å². The monoisotopic (exact) mass is 1080 g/mol. The van der Waals surface area contributed by atoms with Crippen LogP contribution < -0.4 is 34.9 Å². The number of carbonyl (C=O) groups excluding carboxylic acids is 4. The van der Waals surface area contributed by atoms with E-state index in [4.69, 9.17) is 9.44 Å². The van der Waals surface area contributed by atoms with Crippen LogP contribution in [0.5, 0.6) is 11.5 Å². The zero-order chi connectivity index (χ0) is 52.5. The van der Waals surface area contributed by atoms with Gasteiger partial charge in [0.1, 0.15) is 34.2 Å². The van der Waals surface area contributed by atoms with Crippen molar-refractivity contribution in [1.82, 2.24) is 30.7 Å². The molecule has 0 heterocycles. The first kappa shape index (κ1) is 55.9. The van der Waals surface area contributed by atoms with Gasteiger partial charge in [-0.1, -0.05) is 54.6 Å². The van der Waals surface area contributed by atoms with Crippen LogP contribution in [0.2, 0.25) is 0 Å². The summed E-state index contributed by atoms with van der Waals surface area (Å²) in [4.78, 5) is 48.2. The molecule has 5 rings (SSSR count). The second-order valence-electron chi connectivity index (χ2n) is 15.6. The van der Waals surface area contributed by atoms with Gasteiger partial charge in [-0.2, -0.15) is 26.3 Å². The Bertz CT molecular complexity index is 3320. The highest BCUT2D eigenvalue weighted by molar-refractivity contribution is 7.94. The molecule has 71 heavy (non-hydrogen) atoms. The van der Waals surface area contributed by atoms with Crippen molar-refractivity contribution in [2.75, 3.05) is 37.7 Å². The fraction of sp³-hybridized carbons (Fsp3) is 0.286. The predicted molar refractivity (Wildman–Crippen MR) is 259 cm³/mol. The van der Waals surface area contributed by atoms with Gasteiger partial charge in [0, 0.05) is 93.5 Å². The number of amides is 4. The lowest BCUT2D eigenvalue weighted by Gasteiger charge is -2.22. The highest BCUT2D eigenvalue weighted by atomic mass is 32.2. The standard InChI is InChI=1S/C42H48N6O18S5/c1-24(2)39(50)43-16-8-18-45-41(52)31(22-67-66-65-54)47-69(58,59)34-21-35(70(60,61)48-32(23-68(55,56)57)42(53)46-19-9-17-44-40(51)25(3)4)28-13-12-27-33(49)20-36(30-15-14-29(34)38(28)37(27)30)71(62,63)64-26-10-6-5-7-11-26/h5-7,10-15,20-21,31-32,47-49,54H,1,3,8-9,16-19,22-23H2,2,4H3,(H,43,50)(H,44,51)(H,45,52)(H,46,53)(H,55,56,57). The van der Waals surface area contributed by atoms with E-state index in [1.54, 1.807) is 6.07 Å². The fourth-order valence-electron chi connectivity index (χ4n) is 6.89. The van der Waals surface area contributed by atoms with E-state index in [9.17, 15) is 62.5 Å². The molecule has 2 unspecified atom stereocenters. The summed E-state index contributed by atoms with van der Waals surface area (Å²) in [5.41, 5.74) is 0.415. The number of phenolic OH excluding ortho intramolecular Hbond substituents is 1. The van der Waals surface area contributed by atoms with Crippen molar-refractivity contribution < 1.29 is 81.3 Å². The third kappa shape index (κ3) is 14.3. The van der Waals surface area contributed by atoms with Gasteiger partial charge in [-0.15, -0.1) is 4.33 Å². The molecule has 0 saturated heterocycles. The fourth-order valence-corrected chi connectivity index (χ4v) is 12.3. The van der Waals surface area contributed by atoms with Crippen LogP contribution in [0, 0.1) is 0 Å². The Hall–Kier alpha value is -5.99. The number of rotatable bonds is 27. The summed E-state index contributed by atoms with van der Waals surface area (Å²) in [6.07, 6.45) is 0.215. The van der Waals surface area contributed by atoms with Crippen molar-refractivity contribution in [3.63, 3.8) is 0 Å². The molecule has 24 nitrogen and oxygen atoms in total. The predicted octanol–water partition coefficient (Wildman–Crippen LogP) is 1.71. The smallest absolute Gasteiger partial charge is 0.339 e. The minimum atomic E-state index is -5.36. The number of hydrogen-bond acceptors (Lipinski definition) is 18. The normalized spacial score (nSPS) is 13.1. The second-order valence-corrected chi connectivity index (χ2v) is 22.7. The van der Waals surface area contributed by atoms with Crippen LogP contribution in [0.15, 0.2) is 106 Å². The minimum Gasteiger partial charge on any atom is -0.507 e. The summed E-state index contributed by atoms with van der Waals surface area (Å²) in [5.74, 6) is -6.16. The maximum Gasteiger partial charge on any atom is 0.339 e. The largest absolute Gasteiger partial charge is 0.507 e. The summed E-state index contributed by atoms with van der Waals surface area (Å²) in [5, 5.41) is 32.0. The molecule has 384 valence electrons. The quantitative estimate of drug-likeness (QED) is 0.00528. The number of carbonyl (C=O) groups is 4. The number of hydrogen-bond donors (Lipinski definition) is 9. The molecule has 0 aliphatic rings. The molecule has 0 fully saturated rings. The van der Waals surface area contributed by atoms with Crippen LogP contribution in [0.25, 0.3) is 32.3 Å². The molecule has 0 bridgehead atoms. The minimum absolute atomic E-state index is 0.00452. The Labute approximate surface area is 411 Å². The molecule has 4 amide bonds. The maximum absolute atomic E-state index is 14.7. The van der Waals surface area contributed by atoms with Crippen molar-refractivity contribution in [2.24, 2.45) is 0 Å². The molecule has 0 aromatic heterocycles. The topological polar surface area (TPSA) is 365 Å². The van der Waals surface area contributed by atoms with Gasteiger partial charge in [-0.3, -0.25) is 23.7 Å². The van der Waals surface area contributed by atoms with E-state index in [1.165, 1.54) is 50.2 Å². The summed E-state index contributed by atoms with van der Waals surface area (Å²) in [7, 11) is -20.5. The number of aromatic hydroxyl groups is 1. The zero-order valence-electron chi connectivity index (χ0n) is 37.6. The van der Waals surface area contributed by atoms with Crippen molar-refractivity contribution in [1.29, 1.82) is 0 Å². The van der Waals surface area contributed by atoms with E-state index < -0.39 is 108 Å². The number of nitrogens with one attached hydrogen (secondary N) is 6. The molecule has 5 aromatic carbocycles. The van der Waals surface area contributed by atoms with Crippen molar-refractivity contribution in [2.45, 2.75) is 53.5 Å². The summed E-state index contributed by atoms with van der Waals surface area (Å²) in [6, 6.07) is 9.27. The molecular formula is C42H48N6O18S5. The SMILES string of the molecule is C=C(C)C(=O)NCCCNC(=O)C(CSOOO)NS(=O)(=O)c1cc(S(=O)(=O)NC(CS(=O)(=O)O)C(=O)NCCCNC(=O)C(=C)C)c2ccc3c(O)cc(S(=O)(=O)Oc4ccccc4)c4ccc1c2c34. The molecular weight excluding hydrogens is 1040 g/mol. The summed E-state index contributed by atoms with van der Waals surface area (Å²) in [6.45, 7) is 9.67. The molecule has 0 aliphatic heterocycles. The van der Waals surface area contributed by atoms with Crippen LogP contribution >= 0.6 is 12.0 Å². The van der Waals surface area contributed by atoms with Gasteiger partial charge in [-0.05, 0) is 51.0 Å². The average Bonchev–Trinajstić information content (AvgIpc) is 3.29. The molecule has 0 spiro atoms. The molecule has 0 saturated carbocycles. The Morgan fingerprint density at radius 2 is 1.08 bits per heavy atom. The lowest BCUT2D eigenvalue weighted by atomic mass is 9.94. The van der Waals surface area contributed by atoms with E-state index in [0.29, 0.717) is 6.07 Å². The molecule has 9 N–H and O–H groups in total. The lowest BCUT2D eigenvalue weighted by molar-refractivity contribution is -0.432. The Balaban J connectivity index is 1.68. The van der Waals surface area contributed by atoms with E-state index in [2.05, 4.69) is 48.5 Å². The first-order valence-electron chi connectivity index (χ1n) is 20.8. The van der Waals surface area contributed by atoms with Crippen LogP contribution in [0.1, 0.15) is 26.7 Å². The molecule has 0 aliphatic carbocycles. The van der Waals surface area contributed by atoms with Crippen LogP contribution in [0.3, 0.4) is 0 Å². The zero-order valence-corrected chi connectivity index (χ0v) is 41.7. The highest BCUT2D eigenvalue weighted by Crippen LogP contribution is 2.45. The van der Waals surface area contributed by atoms with Crippen LogP contribution in [-0.4, -0.2) is 122 Å². The van der Waals surface area contributed by atoms with Gasteiger partial charge in [-0.25, -0.2) is 22.1 Å². The number of sulfonamides is 2. The van der Waals surface area contributed by atoms with Gasteiger partial charge >= 0.3 is 10.1 Å². The first-order valence-corrected chi connectivity index (χ1v) is 27.7. The van der Waals surface area contributed by atoms with Gasteiger partial charge in [0.2, 0.25) is 43.7 Å². The molecule has 5 aromatic rings. The van der Waals surface area contributed by atoms with E-state index in [-0.39, 0.29) is 100 Å². The number of phenols is 1. The lowest BCUT2D eigenvalue weighted by Crippen LogP contribution is -2.50. The van der Waals surface area contributed by atoms with Crippen LogP contribution in [0.4, 0.5) is 0 Å². The average molecular weight is 1090 g/mol. The summed E-state index contributed by atoms with van der Waals surface area (Å²) < 4.78 is 135. The molecule has 2 atom stereocenters. The van der Waals surface area contributed by atoms with Gasteiger partial charge in [0.25, 0.3) is 10.1 Å². The first-order chi connectivity index (χ1) is 33.3. The van der Waals surface area contributed by atoms with Gasteiger partial charge < -0.3 is 30.6 Å². The van der Waals surface area contributed by atoms with E-state index >= 15 is 0 Å². The number of benzene rings is 5. The van der Waals surface area contributed by atoms with Crippen molar-refractivity contribution in [3.05, 3.63) is 91.0 Å². The molecule has 0 radical (unpaired) electrons. The van der Waals surface area contributed by atoms with Gasteiger partial charge in [0.15, 0.2) is 0 Å². The Morgan fingerprint density at radius 1 is 0.634 bits per heavy atom. The Kier molecular flexibility index (Phi) is 18.5. The third-order valence-corrected chi connectivity index (χ3v) is 15.8.